The first-order valence-corrected chi connectivity index (χ1v) is 6.83. The molecule has 2 rings (SSSR count). The summed E-state index contributed by atoms with van der Waals surface area (Å²) in [7, 11) is 1.52. The van der Waals surface area contributed by atoms with Crippen molar-refractivity contribution in [2.24, 2.45) is 0 Å². The maximum Gasteiger partial charge on any atom is 0.329 e. The van der Waals surface area contributed by atoms with Crippen LogP contribution in [0.1, 0.15) is 26.3 Å². The van der Waals surface area contributed by atoms with E-state index in [1.165, 1.54) is 25.9 Å². The normalized spacial score (nSPS) is 15.6. The summed E-state index contributed by atoms with van der Waals surface area (Å²) in [5, 5.41) is 9.34. The number of nitrogens with zero attached hydrogens (tertiary/aromatic N) is 1. The summed E-state index contributed by atoms with van der Waals surface area (Å²) in [4.78, 5) is 25.4. The smallest absolute Gasteiger partial charge is 0.329 e. The molecule has 6 heteroatoms. The number of allylic oxidation sites excluding steroid dienone is 1. The molecule has 1 heterocycles. The van der Waals surface area contributed by atoms with Crippen molar-refractivity contribution in [1.82, 2.24) is 4.90 Å². The fraction of sp³-hybridized carbons (Fsp3) is 0.375. The molecule has 0 fully saturated rings. The molecule has 1 N–H and O–H groups in total. The van der Waals surface area contributed by atoms with E-state index in [1.54, 1.807) is 31.2 Å². The van der Waals surface area contributed by atoms with Crippen LogP contribution in [0.3, 0.4) is 0 Å². The van der Waals surface area contributed by atoms with Crippen LogP contribution in [0.15, 0.2) is 30.0 Å². The SMILES string of the molecule is COc1ccccc1C1=C(C)OCN(C(C)(C)C(=O)O)C1=O. The highest BCUT2D eigenvalue weighted by Gasteiger charge is 2.42. The molecule has 0 unspecified atom stereocenters. The largest absolute Gasteiger partial charge is 0.496 e. The third kappa shape index (κ3) is 2.52. The number of hydrogen-bond donors (Lipinski definition) is 1. The van der Waals surface area contributed by atoms with Gasteiger partial charge in [0.1, 0.15) is 17.0 Å². The first-order chi connectivity index (χ1) is 10.3. The van der Waals surface area contributed by atoms with Crippen LogP contribution in [0.25, 0.3) is 5.57 Å². The highest BCUT2D eigenvalue weighted by molar-refractivity contribution is 6.22. The summed E-state index contributed by atoms with van der Waals surface area (Å²) >= 11 is 0. The van der Waals surface area contributed by atoms with Gasteiger partial charge in [-0.05, 0) is 26.8 Å². The number of carboxylic acids is 1. The van der Waals surface area contributed by atoms with Gasteiger partial charge in [-0.25, -0.2) is 4.79 Å². The molecule has 22 heavy (non-hydrogen) atoms. The van der Waals surface area contributed by atoms with Crippen LogP contribution in [0.4, 0.5) is 0 Å². The van der Waals surface area contributed by atoms with Crippen molar-refractivity contribution in [2.45, 2.75) is 26.3 Å². The molecular formula is C16H19NO5. The zero-order valence-electron chi connectivity index (χ0n) is 13.0. The second-order valence-corrected chi connectivity index (χ2v) is 5.50. The highest BCUT2D eigenvalue weighted by atomic mass is 16.5. The molecule has 1 amide bonds. The van der Waals surface area contributed by atoms with Crippen LogP contribution in [0.5, 0.6) is 5.75 Å². The van der Waals surface area contributed by atoms with E-state index in [9.17, 15) is 14.7 Å². The van der Waals surface area contributed by atoms with Crippen molar-refractivity contribution in [3.8, 4) is 5.75 Å². The molecule has 6 nitrogen and oxygen atoms in total. The van der Waals surface area contributed by atoms with Crippen LogP contribution < -0.4 is 4.74 Å². The molecular weight excluding hydrogens is 286 g/mol. The van der Waals surface area contributed by atoms with Crippen molar-refractivity contribution >= 4 is 17.4 Å². The Bertz CT molecular complexity index is 648. The quantitative estimate of drug-likeness (QED) is 0.922. The fourth-order valence-corrected chi connectivity index (χ4v) is 2.26. The third-order valence-corrected chi connectivity index (χ3v) is 3.80. The monoisotopic (exact) mass is 305 g/mol. The predicted molar refractivity (Wildman–Crippen MR) is 80.1 cm³/mol. The molecule has 0 saturated heterocycles. The van der Waals surface area contributed by atoms with Gasteiger partial charge in [0.25, 0.3) is 5.91 Å². The minimum atomic E-state index is -1.37. The van der Waals surface area contributed by atoms with Gasteiger partial charge in [-0.3, -0.25) is 9.69 Å². The summed E-state index contributed by atoms with van der Waals surface area (Å²) in [6.07, 6.45) is 0. The van der Waals surface area contributed by atoms with E-state index < -0.39 is 11.5 Å². The molecule has 0 bridgehead atoms. The molecule has 0 aromatic heterocycles. The lowest BCUT2D eigenvalue weighted by molar-refractivity contribution is -0.160. The maximum atomic E-state index is 12.8. The van der Waals surface area contributed by atoms with Crippen molar-refractivity contribution < 1.29 is 24.2 Å². The van der Waals surface area contributed by atoms with Gasteiger partial charge in [-0.1, -0.05) is 18.2 Å². The Labute approximate surface area is 128 Å². The number of rotatable bonds is 4. The van der Waals surface area contributed by atoms with E-state index in [4.69, 9.17) is 9.47 Å². The summed E-state index contributed by atoms with van der Waals surface area (Å²) in [6.45, 7) is 4.53. The van der Waals surface area contributed by atoms with E-state index >= 15 is 0 Å². The van der Waals surface area contributed by atoms with Crippen LogP contribution in [0.2, 0.25) is 0 Å². The third-order valence-electron chi connectivity index (χ3n) is 3.80. The van der Waals surface area contributed by atoms with E-state index in [1.807, 2.05) is 0 Å². The number of methoxy groups -OCH3 is 1. The number of carboxylic acid groups (broad SMARTS) is 1. The molecule has 0 aliphatic carbocycles. The lowest BCUT2D eigenvalue weighted by Gasteiger charge is -2.38. The van der Waals surface area contributed by atoms with Crippen molar-refractivity contribution in [3.63, 3.8) is 0 Å². The van der Waals surface area contributed by atoms with Gasteiger partial charge in [0.05, 0.1) is 12.7 Å². The van der Waals surface area contributed by atoms with E-state index in [-0.39, 0.29) is 12.6 Å². The molecule has 1 aliphatic heterocycles. The summed E-state index contributed by atoms with van der Waals surface area (Å²) in [6, 6.07) is 7.07. The molecule has 0 saturated carbocycles. The van der Waals surface area contributed by atoms with Crippen LogP contribution >= 0.6 is 0 Å². The minimum Gasteiger partial charge on any atom is -0.496 e. The Kier molecular flexibility index (Phi) is 4.12. The molecule has 0 spiro atoms. The summed E-state index contributed by atoms with van der Waals surface area (Å²) in [5.74, 6) is -0.500. The predicted octanol–water partition coefficient (Wildman–Crippen LogP) is 2.11. The second kappa shape index (κ2) is 5.71. The number of para-hydroxylation sites is 1. The summed E-state index contributed by atoms with van der Waals surface area (Å²) in [5.41, 5.74) is -0.471. The Hall–Kier alpha value is -2.50. The molecule has 0 atom stereocenters. The van der Waals surface area contributed by atoms with Crippen LogP contribution in [0, 0.1) is 0 Å². The van der Waals surface area contributed by atoms with Gasteiger partial charge in [-0.2, -0.15) is 0 Å². The average molecular weight is 305 g/mol. The average Bonchev–Trinajstić information content (AvgIpc) is 2.47. The van der Waals surface area contributed by atoms with Gasteiger partial charge in [-0.15, -0.1) is 0 Å². The lowest BCUT2D eigenvalue weighted by atomic mass is 9.97. The Morgan fingerprint density at radius 2 is 2.00 bits per heavy atom. The minimum absolute atomic E-state index is 0.0946. The number of amides is 1. The Balaban J connectivity index is 2.51. The standard InChI is InChI=1S/C16H19NO5/c1-10-13(11-7-5-6-8-12(11)21-4)14(18)17(9-22-10)16(2,3)15(19)20/h5-8H,9H2,1-4H3,(H,19,20). The lowest BCUT2D eigenvalue weighted by Crippen LogP contribution is -2.55. The van der Waals surface area contributed by atoms with E-state index in [2.05, 4.69) is 0 Å². The van der Waals surface area contributed by atoms with Crippen LogP contribution in [-0.2, 0) is 14.3 Å². The van der Waals surface area contributed by atoms with Gasteiger partial charge in [0.2, 0.25) is 0 Å². The second-order valence-electron chi connectivity index (χ2n) is 5.50. The molecule has 0 radical (unpaired) electrons. The highest BCUT2D eigenvalue weighted by Crippen LogP contribution is 2.34. The maximum absolute atomic E-state index is 12.8. The number of ether oxygens (including phenoxy) is 2. The summed E-state index contributed by atoms with van der Waals surface area (Å²) < 4.78 is 10.8. The number of hydrogen-bond acceptors (Lipinski definition) is 4. The zero-order chi connectivity index (χ0) is 16.5. The number of aliphatic carboxylic acids is 1. The number of benzene rings is 1. The van der Waals surface area contributed by atoms with Crippen molar-refractivity contribution in [2.75, 3.05) is 13.8 Å². The Morgan fingerprint density at radius 3 is 2.59 bits per heavy atom. The first-order valence-electron chi connectivity index (χ1n) is 6.83. The van der Waals surface area contributed by atoms with Gasteiger partial charge >= 0.3 is 5.97 Å². The first kappa shape index (κ1) is 15.9. The fourth-order valence-electron chi connectivity index (χ4n) is 2.26. The molecule has 118 valence electrons. The van der Waals surface area contributed by atoms with E-state index in [0.29, 0.717) is 22.6 Å². The molecule has 1 aromatic rings. The molecule has 1 aromatic carbocycles. The number of carbonyl (C=O) groups is 2. The number of carbonyl (C=O) groups excluding carboxylic acids is 1. The van der Waals surface area contributed by atoms with Gasteiger partial charge < -0.3 is 14.6 Å². The topological polar surface area (TPSA) is 76.1 Å². The van der Waals surface area contributed by atoms with Gasteiger partial charge in [0, 0.05) is 5.56 Å². The van der Waals surface area contributed by atoms with Crippen molar-refractivity contribution in [1.29, 1.82) is 0 Å². The Morgan fingerprint density at radius 1 is 1.36 bits per heavy atom. The zero-order valence-corrected chi connectivity index (χ0v) is 13.0. The van der Waals surface area contributed by atoms with Crippen molar-refractivity contribution in [3.05, 3.63) is 35.6 Å². The van der Waals surface area contributed by atoms with Crippen LogP contribution in [-0.4, -0.2) is 41.3 Å². The van der Waals surface area contributed by atoms with E-state index in [0.717, 1.165) is 0 Å². The molecule has 1 aliphatic rings. The van der Waals surface area contributed by atoms with Gasteiger partial charge in [0.15, 0.2) is 6.73 Å².